The molecule has 0 bridgehead atoms. The maximum Gasteiger partial charge on any atom is 0.318 e. The van der Waals surface area contributed by atoms with Crippen LogP contribution in [0.15, 0.2) is 0 Å². The number of aliphatic carboxylic acids is 1. The monoisotopic (exact) mass is 284 g/mol. The molecule has 114 valence electrons. The van der Waals surface area contributed by atoms with E-state index in [2.05, 4.69) is 5.32 Å². The highest BCUT2D eigenvalue weighted by Gasteiger charge is 2.38. The summed E-state index contributed by atoms with van der Waals surface area (Å²) in [4.78, 5) is 25.1. The molecule has 2 amide bonds. The van der Waals surface area contributed by atoms with Crippen LogP contribution >= 0.6 is 0 Å². The van der Waals surface area contributed by atoms with Crippen molar-refractivity contribution < 1.29 is 19.4 Å². The van der Waals surface area contributed by atoms with E-state index in [0.29, 0.717) is 13.2 Å². The predicted octanol–water partition coefficient (Wildman–Crippen LogP) is 1.59. The van der Waals surface area contributed by atoms with Gasteiger partial charge in [-0.25, -0.2) is 4.79 Å². The molecular weight excluding hydrogens is 260 g/mol. The molecule has 1 saturated heterocycles. The Hall–Kier alpha value is -1.30. The largest absolute Gasteiger partial charge is 0.481 e. The first-order chi connectivity index (χ1) is 9.39. The van der Waals surface area contributed by atoms with Gasteiger partial charge in [-0.1, -0.05) is 12.8 Å². The highest BCUT2D eigenvalue weighted by molar-refractivity contribution is 5.77. The third kappa shape index (κ3) is 3.62. The molecule has 2 N–H and O–H groups in total. The molecule has 2 unspecified atom stereocenters. The highest BCUT2D eigenvalue weighted by atomic mass is 16.5. The Morgan fingerprint density at radius 3 is 2.75 bits per heavy atom. The average molecular weight is 284 g/mol. The Morgan fingerprint density at radius 1 is 1.35 bits per heavy atom. The summed E-state index contributed by atoms with van der Waals surface area (Å²) < 4.78 is 5.74. The van der Waals surface area contributed by atoms with Gasteiger partial charge in [-0.3, -0.25) is 4.79 Å². The Balaban J connectivity index is 1.98. The Morgan fingerprint density at radius 2 is 2.05 bits per heavy atom. The molecule has 0 aromatic carbocycles. The van der Waals surface area contributed by atoms with Crippen LogP contribution in [0.2, 0.25) is 0 Å². The zero-order chi connectivity index (χ0) is 14.8. The summed E-state index contributed by atoms with van der Waals surface area (Å²) in [6.45, 7) is 4.61. The zero-order valence-corrected chi connectivity index (χ0v) is 12.2. The van der Waals surface area contributed by atoms with E-state index in [0.717, 1.165) is 25.7 Å². The van der Waals surface area contributed by atoms with E-state index in [1.807, 2.05) is 4.90 Å². The third-order valence-corrected chi connectivity index (χ3v) is 4.03. The molecule has 0 radical (unpaired) electrons. The number of carboxylic acids is 1. The van der Waals surface area contributed by atoms with Crippen LogP contribution in [-0.4, -0.2) is 52.8 Å². The smallest absolute Gasteiger partial charge is 0.318 e. The van der Waals surface area contributed by atoms with E-state index in [1.165, 1.54) is 0 Å². The third-order valence-electron chi connectivity index (χ3n) is 4.03. The molecule has 0 aromatic heterocycles. The van der Waals surface area contributed by atoms with Gasteiger partial charge in [0.1, 0.15) is 0 Å². The number of fused-ring (bicyclic) bond motifs is 1. The van der Waals surface area contributed by atoms with Crippen molar-refractivity contribution in [2.24, 2.45) is 0 Å². The number of hydrogen-bond acceptors (Lipinski definition) is 3. The molecule has 20 heavy (non-hydrogen) atoms. The summed E-state index contributed by atoms with van der Waals surface area (Å²) in [6.07, 6.45) is 4.31. The molecule has 0 aromatic rings. The Kier molecular flexibility index (Phi) is 4.52. The van der Waals surface area contributed by atoms with Gasteiger partial charge in [0.2, 0.25) is 0 Å². The fraction of sp³-hybridized carbons (Fsp3) is 0.857. The van der Waals surface area contributed by atoms with Crippen LogP contribution in [0.25, 0.3) is 0 Å². The number of urea groups is 1. The summed E-state index contributed by atoms with van der Waals surface area (Å²) in [5.74, 6) is -0.909. The van der Waals surface area contributed by atoms with E-state index in [1.54, 1.807) is 13.8 Å². The summed E-state index contributed by atoms with van der Waals surface area (Å²) in [6, 6.07) is -0.0328. The SMILES string of the molecule is CC(C)(CC(=O)O)NC(=O)N1CCOC2CCCCC21. The Bertz CT molecular complexity index is 381. The number of amides is 2. The number of ether oxygens (including phenoxy) is 1. The number of hydrogen-bond donors (Lipinski definition) is 2. The van der Waals surface area contributed by atoms with Crippen molar-refractivity contribution in [3.63, 3.8) is 0 Å². The van der Waals surface area contributed by atoms with Crippen LogP contribution in [0.3, 0.4) is 0 Å². The van der Waals surface area contributed by atoms with Gasteiger partial charge in [0.05, 0.1) is 25.2 Å². The number of rotatable bonds is 3. The van der Waals surface area contributed by atoms with Crippen LogP contribution in [-0.2, 0) is 9.53 Å². The normalized spacial score (nSPS) is 26.8. The summed E-state index contributed by atoms with van der Waals surface area (Å²) in [5.41, 5.74) is -0.745. The second-order valence-electron chi connectivity index (χ2n) is 6.34. The van der Waals surface area contributed by atoms with Crippen molar-refractivity contribution >= 4 is 12.0 Å². The number of nitrogens with one attached hydrogen (secondary N) is 1. The quantitative estimate of drug-likeness (QED) is 0.825. The molecule has 2 fully saturated rings. The molecule has 6 heteroatoms. The van der Waals surface area contributed by atoms with Gasteiger partial charge < -0.3 is 20.1 Å². The van der Waals surface area contributed by atoms with E-state index in [-0.39, 0.29) is 24.6 Å². The molecule has 1 saturated carbocycles. The first-order valence-corrected chi connectivity index (χ1v) is 7.31. The highest BCUT2D eigenvalue weighted by Crippen LogP contribution is 2.28. The zero-order valence-electron chi connectivity index (χ0n) is 12.2. The molecule has 6 nitrogen and oxygen atoms in total. The summed E-state index contributed by atoms with van der Waals surface area (Å²) in [5, 5.41) is 11.7. The minimum Gasteiger partial charge on any atom is -0.481 e. The van der Waals surface area contributed by atoms with Crippen molar-refractivity contribution in [1.29, 1.82) is 0 Å². The standard InChI is InChI=1S/C14H24N2O4/c1-14(2,9-12(17)18)15-13(19)16-7-8-20-11-6-4-3-5-10(11)16/h10-11H,3-9H2,1-2H3,(H,15,19)(H,17,18). The molecule has 2 rings (SSSR count). The fourth-order valence-corrected chi connectivity index (χ4v) is 3.13. The van der Waals surface area contributed by atoms with E-state index in [9.17, 15) is 9.59 Å². The molecular formula is C14H24N2O4. The minimum atomic E-state index is -0.909. The van der Waals surface area contributed by atoms with Gasteiger partial charge in [0, 0.05) is 12.1 Å². The first kappa shape index (κ1) is 15.1. The van der Waals surface area contributed by atoms with E-state index < -0.39 is 11.5 Å². The van der Waals surface area contributed by atoms with Crippen LogP contribution in [0.5, 0.6) is 0 Å². The lowest BCUT2D eigenvalue weighted by molar-refractivity contribution is -0.138. The minimum absolute atomic E-state index is 0.0861. The lowest BCUT2D eigenvalue weighted by Gasteiger charge is -2.44. The molecule has 1 aliphatic heterocycles. The number of morpholine rings is 1. The summed E-state index contributed by atoms with van der Waals surface area (Å²) >= 11 is 0. The second-order valence-corrected chi connectivity index (χ2v) is 6.34. The fourth-order valence-electron chi connectivity index (χ4n) is 3.13. The van der Waals surface area contributed by atoms with E-state index in [4.69, 9.17) is 9.84 Å². The van der Waals surface area contributed by atoms with Crippen LogP contribution in [0.1, 0.15) is 46.0 Å². The van der Waals surface area contributed by atoms with Gasteiger partial charge in [0.25, 0.3) is 0 Å². The molecule has 2 aliphatic rings. The van der Waals surface area contributed by atoms with Gasteiger partial charge in [-0.15, -0.1) is 0 Å². The Labute approximate surface area is 119 Å². The van der Waals surface area contributed by atoms with Crippen LogP contribution in [0.4, 0.5) is 4.79 Å². The van der Waals surface area contributed by atoms with Crippen molar-refractivity contribution in [1.82, 2.24) is 10.2 Å². The van der Waals surface area contributed by atoms with Gasteiger partial charge in [-0.05, 0) is 26.7 Å². The maximum atomic E-state index is 12.4. The van der Waals surface area contributed by atoms with Crippen molar-refractivity contribution in [2.45, 2.75) is 63.6 Å². The van der Waals surface area contributed by atoms with Gasteiger partial charge >= 0.3 is 12.0 Å². The second kappa shape index (κ2) is 5.99. The molecule has 0 spiro atoms. The molecule has 1 heterocycles. The molecule has 1 aliphatic carbocycles. The van der Waals surface area contributed by atoms with Crippen LogP contribution in [0, 0.1) is 0 Å². The average Bonchev–Trinajstić information content (AvgIpc) is 2.35. The van der Waals surface area contributed by atoms with Gasteiger partial charge in [-0.2, -0.15) is 0 Å². The summed E-state index contributed by atoms with van der Waals surface area (Å²) in [7, 11) is 0. The lowest BCUT2D eigenvalue weighted by atomic mass is 9.90. The van der Waals surface area contributed by atoms with Crippen molar-refractivity contribution in [3.8, 4) is 0 Å². The van der Waals surface area contributed by atoms with E-state index >= 15 is 0 Å². The van der Waals surface area contributed by atoms with Crippen molar-refractivity contribution in [3.05, 3.63) is 0 Å². The van der Waals surface area contributed by atoms with Crippen molar-refractivity contribution in [2.75, 3.05) is 13.2 Å². The molecule has 2 atom stereocenters. The number of carbonyl (C=O) groups is 2. The van der Waals surface area contributed by atoms with Crippen LogP contribution < -0.4 is 5.32 Å². The number of carboxylic acid groups (broad SMARTS) is 1. The lowest BCUT2D eigenvalue weighted by Crippen LogP contribution is -2.60. The number of nitrogens with zero attached hydrogens (tertiary/aromatic N) is 1. The topological polar surface area (TPSA) is 78.9 Å². The van der Waals surface area contributed by atoms with Gasteiger partial charge in [0.15, 0.2) is 0 Å². The maximum absolute atomic E-state index is 12.4. The predicted molar refractivity (Wildman–Crippen MR) is 73.6 cm³/mol. The first-order valence-electron chi connectivity index (χ1n) is 7.31. The number of carbonyl (C=O) groups excluding carboxylic acids is 1.